The van der Waals surface area contributed by atoms with Crippen molar-refractivity contribution in [1.29, 1.82) is 0 Å². The minimum Gasteiger partial charge on any atom is -0.274 e. The molecule has 3 rings (SSSR count). The molecule has 10 heteroatoms. The molecule has 1 heterocycles. The number of rotatable bonds is 8. The number of aryl methyl sites for hydroxylation is 1. The Kier molecular flexibility index (Phi) is 7.11. The SMILES string of the molecule is Cc1ccc(CC(F)(F)CN2C(=O)CC(=O)N(CC(F)(F)Cc3ccc(Cl)cc3)C2=O)cc1. The smallest absolute Gasteiger partial charge is 0.274 e. The third-order valence-electron chi connectivity index (χ3n) is 5.10. The first-order chi connectivity index (χ1) is 15.3. The van der Waals surface area contributed by atoms with Gasteiger partial charge in [0, 0.05) is 17.9 Å². The van der Waals surface area contributed by atoms with Gasteiger partial charge in [0.05, 0.1) is 13.1 Å². The van der Waals surface area contributed by atoms with Gasteiger partial charge in [-0.05, 0) is 30.2 Å². The summed E-state index contributed by atoms with van der Waals surface area (Å²) in [6.45, 7) is -0.854. The molecular formula is C23H21ClF4N2O3. The molecular weight excluding hydrogens is 464 g/mol. The first kappa shape index (κ1) is 24.7. The van der Waals surface area contributed by atoms with Crippen LogP contribution in [0.1, 0.15) is 23.1 Å². The second kappa shape index (κ2) is 9.51. The van der Waals surface area contributed by atoms with Crippen LogP contribution in [0.25, 0.3) is 0 Å². The maximum Gasteiger partial charge on any atom is 0.333 e. The van der Waals surface area contributed by atoms with Crippen LogP contribution in [0.4, 0.5) is 22.4 Å². The van der Waals surface area contributed by atoms with Crippen molar-refractivity contribution in [3.63, 3.8) is 0 Å². The largest absolute Gasteiger partial charge is 0.333 e. The third kappa shape index (κ3) is 6.54. The highest BCUT2D eigenvalue weighted by molar-refractivity contribution is 6.30. The monoisotopic (exact) mass is 484 g/mol. The maximum absolute atomic E-state index is 14.6. The fraction of sp³-hybridized carbons (Fsp3) is 0.348. The van der Waals surface area contributed by atoms with Crippen LogP contribution >= 0.6 is 11.6 Å². The third-order valence-corrected chi connectivity index (χ3v) is 5.36. The summed E-state index contributed by atoms with van der Waals surface area (Å²) in [6.07, 6.45) is -2.51. The van der Waals surface area contributed by atoms with Gasteiger partial charge in [-0.1, -0.05) is 53.6 Å². The molecule has 176 valence electrons. The highest BCUT2D eigenvalue weighted by atomic mass is 35.5. The molecule has 0 atom stereocenters. The van der Waals surface area contributed by atoms with Gasteiger partial charge in [-0.15, -0.1) is 0 Å². The van der Waals surface area contributed by atoms with Gasteiger partial charge in [0.15, 0.2) is 0 Å². The van der Waals surface area contributed by atoms with Gasteiger partial charge in [0.2, 0.25) is 11.8 Å². The topological polar surface area (TPSA) is 57.7 Å². The summed E-state index contributed by atoms with van der Waals surface area (Å²) in [7, 11) is 0. The van der Waals surface area contributed by atoms with Gasteiger partial charge in [0.1, 0.15) is 6.42 Å². The van der Waals surface area contributed by atoms with Crippen molar-refractivity contribution in [2.24, 2.45) is 0 Å². The second-order valence-electron chi connectivity index (χ2n) is 8.10. The van der Waals surface area contributed by atoms with Crippen LogP contribution in [-0.4, -0.2) is 52.6 Å². The van der Waals surface area contributed by atoms with Crippen LogP contribution < -0.4 is 0 Å². The molecule has 4 amide bonds. The molecule has 2 aromatic carbocycles. The Morgan fingerprint density at radius 3 is 1.58 bits per heavy atom. The Hall–Kier alpha value is -2.94. The molecule has 1 fully saturated rings. The lowest BCUT2D eigenvalue weighted by molar-refractivity contribution is -0.149. The molecule has 0 aliphatic carbocycles. The van der Waals surface area contributed by atoms with Crippen LogP contribution in [0.2, 0.25) is 5.02 Å². The highest BCUT2D eigenvalue weighted by Gasteiger charge is 2.46. The fourth-order valence-electron chi connectivity index (χ4n) is 3.47. The first-order valence-corrected chi connectivity index (χ1v) is 10.4. The van der Waals surface area contributed by atoms with Crippen molar-refractivity contribution >= 4 is 29.4 Å². The number of urea groups is 1. The fourth-order valence-corrected chi connectivity index (χ4v) is 3.60. The molecule has 5 nitrogen and oxygen atoms in total. The Morgan fingerprint density at radius 1 is 0.758 bits per heavy atom. The van der Waals surface area contributed by atoms with E-state index in [4.69, 9.17) is 11.6 Å². The van der Waals surface area contributed by atoms with Crippen molar-refractivity contribution in [2.75, 3.05) is 13.1 Å². The lowest BCUT2D eigenvalue weighted by atomic mass is 10.0. The Balaban J connectivity index is 1.71. The van der Waals surface area contributed by atoms with Crippen molar-refractivity contribution in [3.8, 4) is 0 Å². The highest BCUT2D eigenvalue weighted by Crippen LogP contribution is 2.28. The lowest BCUT2D eigenvalue weighted by Gasteiger charge is -2.36. The number of amides is 4. The number of hydrogen-bond donors (Lipinski definition) is 0. The standard InChI is InChI=1S/C23H21ClF4N2O3/c1-15-2-4-16(5-3-15)11-22(25,26)13-29-19(31)10-20(32)30(21(29)33)14-23(27,28)12-17-6-8-18(24)9-7-17/h2-9H,10-14H2,1H3. The van der Waals surface area contributed by atoms with E-state index < -0.39 is 62.0 Å². The summed E-state index contributed by atoms with van der Waals surface area (Å²) in [5.74, 6) is -9.36. The van der Waals surface area contributed by atoms with E-state index in [2.05, 4.69) is 0 Å². The molecule has 0 radical (unpaired) electrons. The summed E-state index contributed by atoms with van der Waals surface area (Å²) in [6, 6.07) is 10.4. The molecule has 0 unspecified atom stereocenters. The summed E-state index contributed by atoms with van der Waals surface area (Å²) in [5, 5.41) is 0.351. The average molecular weight is 485 g/mol. The number of alkyl halides is 4. The number of imide groups is 2. The van der Waals surface area contributed by atoms with Crippen LogP contribution in [0, 0.1) is 6.92 Å². The zero-order valence-corrected chi connectivity index (χ0v) is 18.4. The quantitative estimate of drug-likeness (QED) is 0.396. The molecule has 0 saturated carbocycles. The number of carbonyl (C=O) groups excluding carboxylic acids is 3. The van der Waals surface area contributed by atoms with Crippen LogP contribution in [0.5, 0.6) is 0 Å². The molecule has 1 saturated heterocycles. The second-order valence-corrected chi connectivity index (χ2v) is 8.53. The zero-order chi connectivity index (χ0) is 24.4. The van der Waals surface area contributed by atoms with Crippen molar-refractivity contribution in [2.45, 2.75) is 38.0 Å². The van der Waals surface area contributed by atoms with E-state index in [1.54, 1.807) is 19.1 Å². The van der Waals surface area contributed by atoms with Crippen LogP contribution in [0.3, 0.4) is 0 Å². The number of hydrogen-bond acceptors (Lipinski definition) is 3. The predicted molar refractivity (Wildman–Crippen MR) is 113 cm³/mol. The van der Waals surface area contributed by atoms with E-state index >= 15 is 0 Å². The molecule has 2 aromatic rings. The van der Waals surface area contributed by atoms with Gasteiger partial charge in [-0.25, -0.2) is 22.4 Å². The molecule has 33 heavy (non-hydrogen) atoms. The van der Waals surface area contributed by atoms with Crippen molar-refractivity contribution in [1.82, 2.24) is 9.80 Å². The van der Waals surface area contributed by atoms with Gasteiger partial charge in [-0.3, -0.25) is 19.4 Å². The van der Waals surface area contributed by atoms with E-state index in [1.807, 2.05) is 0 Å². The summed E-state index contributed by atoms with van der Waals surface area (Å²) in [5.41, 5.74) is 1.36. The maximum atomic E-state index is 14.6. The summed E-state index contributed by atoms with van der Waals surface area (Å²) < 4.78 is 58.4. The van der Waals surface area contributed by atoms with E-state index in [0.717, 1.165) is 5.56 Å². The number of barbiturate groups is 1. The Bertz CT molecular complexity index is 961. The number of halogens is 5. The predicted octanol–water partition coefficient (Wildman–Crippen LogP) is 4.89. The van der Waals surface area contributed by atoms with Gasteiger partial charge >= 0.3 is 6.03 Å². The number of carbonyl (C=O) groups is 3. The Labute approximate surface area is 192 Å². The summed E-state index contributed by atoms with van der Waals surface area (Å²) >= 11 is 5.73. The van der Waals surface area contributed by atoms with E-state index in [0.29, 0.717) is 5.02 Å². The molecule has 0 aromatic heterocycles. The molecule has 0 N–H and O–H groups in total. The van der Waals surface area contributed by atoms with Crippen molar-refractivity contribution < 1.29 is 31.9 Å². The van der Waals surface area contributed by atoms with Gasteiger partial charge < -0.3 is 0 Å². The normalized spacial score (nSPS) is 15.4. The average Bonchev–Trinajstić information content (AvgIpc) is 2.72. The van der Waals surface area contributed by atoms with E-state index in [1.165, 1.54) is 36.4 Å². The minimum atomic E-state index is -3.55. The van der Waals surface area contributed by atoms with Gasteiger partial charge in [0.25, 0.3) is 11.8 Å². The molecule has 0 bridgehead atoms. The van der Waals surface area contributed by atoms with Crippen LogP contribution in [0.15, 0.2) is 48.5 Å². The molecule has 1 aliphatic heterocycles. The molecule has 0 spiro atoms. The molecule has 1 aliphatic rings. The van der Waals surface area contributed by atoms with E-state index in [-0.39, 0.29) is 20.9 Å². The minimum absolute atomic E-state index is 0.166. The number of nitrogens with zero attached hydrogens (tertiary/aromatic N) is 2. The Morgan fingerprint density at radius 2 is 1.15 bits per heavy atom. The van der Waals surface area contributed by atoms with E-state index in [9.17, 15) is 31.9 Å². The van der Waals surface area contributed by atoms with Gasteiger partial charge in [-0.2, -0.15) is 0 Å². The number of benzene rings is 2. The zero-order valence-electron chi connectivity index (χ0n) is 17.7. The van der Waals surface area contributed by atoms with Crippen LogP contribution in [-0.2, 0) is 22.4 Å². The van der Waals surface area contributed by atoms with Crippen molar-refractivity contribution in [3.05, 3.63) is 70.2 Å². The summed E-state index contributed by atoms with van der Waals surface area (Å²) in [4.78, 5) is 37.3. The first-order valence-electron chi connectivity index (χ1n) is 10.1. The lowest BCUT2D eigenvalue weighted by Crippen LogP contribution is -2.60.